The van der Waals surface area contributed by atoms with Crippen LogP contribution in [0.2, 0.25) is 0 Å². The van der Waals surface area contributed by atoms with E-state index in [9.17, 15) is 14.7 Å². The van der Waals surface area contributed by atoms with Crippen LogP contribution >= 0.6 is 0 Å². The van der Waals surface area contributed by atoms with E-state index in [-0.39, 0.29) is 43.5 Å². The van der Waals surface area contributed by atoms with Crippen molar-refractivity contribution in [1.29, 1.82) is 0 Å². The number of aliphatic hydroxyl groups excluding tert-OH is 1. The van der Waals surface area contributed by atoms with Crippen LogP contribution in [0.15, 0.2) is 61.2 Å². The van der Waals surface area contributed by atoms with E-state index in [2.05, 4.69) is 23.7 Å². The standard InChI is InChI=1S/C27H34N2O6/c1-4-14-29(3)16-23-18(2)26(20-10-8-19(17-30)9-11-20)35-27(34-23)21-6-5-7-22(15-21)28-24(31)12-13-25(32)33/h4-11,15,18,23,26-27,30H,1,12-14,16-17H2,2-3H3,(H,28,31)(H,32,33). The molecule has 0 bridgehead atoms. The van der Waals surface area contributed by atoms with Crippen LogP contribution in [0.25, 0.3) is 0 Å². The molecule has 2 aromatic rings. The van der Waals surface area contributed by atoms with Gasteiger partial charge in [0.1, 0.15) is 0 Å². The van der Waals surface area contributed by atoms with Gasteiger partial charge in [0.15, 0.2) is 6.29 Å². The van der Waals surface area contributed by atoms with Gasteiger partial charge in [-0.05, 0) is 30.3 Å². The third kappa shape index (κ3) is 7.47. The summed E-state index contributed by atoms with van der Waals surface area (Å²) in [5, 5.41) is 20.9. The monoisotopic (exact) mass is 482 g/mol. The Hall–Kier alpha value is -3.04. The van der Waals surface area contributed by atoms with Crippen molar-refractivity contribution in [2.24, 2.45) is 5.92 Å². The average Bonchev–Trinajstić information content (AvgIpc) is 2.84. The summed E-state index contributed by atoms with van der Waals surface area (Å²) in [4.78, 5) is 25.0. The maximum absolute atomic E-state index is 12.1. The molecule has 188 valence electrons. The van der Waals surface area contributed by atoms with E-state index in [4.69, 9.17) is 14.6 Å². The third-order valence-corrected chi connectivity index (χ3v) is 6.06. The van der Waals surface area contributed by atoms with E-state index in [0.29, 0.717) is 12.2 Å². The number of carboxylic acids is 1. The maximum atomic E-state index is 12.1. The van der Waals surface area contributed by atoms with Crippen molar-refractivity contribution in [3.05, 3.63) is 77.9 Å². The SMILES string of the molecule is C=CCN(C)CC1OC(c2cccc(NC(=O)CCC(=O)O)c2)OC(c2ccc(CO)cc2)C1C. The van der Waals surface area contributed by atoms with Crippen molar-refractivity contribution in [3.8, 4) is 0 Å². The molecule has 0 radical (unpaired) electrons. The number of aliphatic carboxylic acids is 1. The second-order valence-electron chi connectivity index (χ2n) is 8.90. The van der Waals surface area contributed by atoms with Crippen LogP contribution in [0.4, 0.5) is 5.69 Å². The molecular formula is C27H34N2O6. The molecule has 1 aliphatic heterocycles. The highest BCUT2D eigenvalue weighted by Gasteiger charge is 2.38. The van der Waals surface area contributed by atoms with Gasteiger partial charge in [0, 0.05) is 36.7 Å². The molecule has 35 heavy (non-hydrogen) atoms. The molecule has 1 aliphatic rings. The summed E-state index contributed by atoms with van der Waals surface area (Å²) in [6.07, 6.45) is 0.494. The van der Waals surface area contributed by atoms with Crippen LogP contribution < -0.4 is 5.32 Å². The maximum Gasteiger partial charge on any atom is 0.303 e. The number of ether oxygens (including phenoxy) is 2. The fourth-order valence-electron chi connectivity index (χ4n) is 4.14. The smallest absolute Gasteiger partial charge is 0.303 e. The summed E-state index contributed by atoms with van der Waals surface area (Å²) < 4.78 is 12.8. The number of amides is 1. The van der Waals surface area contributed by atoms with Crippen LogP contribution in [0.5, 0.6) is 0 Å². The van der Waals surface area contributed by atoms with Gasteiger partial charge in [-0.2, -0.15) is 0 Å². The number of carbonyl (C=O) groups is 2. The fourth-order valence-corrected chi connectivity index (χ4v) is 4.14. The summed E-state index contributed by atoms with van der Waals surface area (Å²) in [6.45, 7) is 7.31. The lowest BCUT2D eigenvalue weighted by Crippen LogP contribution is -2.43. The number of benzene rings is 2. The van der Waals surface area contributed by atoms with Gasteiger partial charge in [0.05, 0.1) is 25.2 Å². The summed E-state index contributed by atoms with van der Waals surface area (Å²) >= 11 is 0. The zero-order chi connectivity index (χ0) is 25.4. The van der Waals surface area contributed by atoms with Gasteiger partial charge in [0.2, 0.25) is 5.91 Å². The van der Waals surface area contributed by atoms with Crippen molar-refractivity contribution in [2.45, 2.75) is 44.9 Å². The highest BCUT2D eigenvalue weighted by molar-refractivity contribution is 5.92. The molecular weight excluding hydrogens is 448 g/mol. The molecule has 3 rings (SSSR count). The Morgan fingerprint density at radius 1 is 1.11 bits per heavy atom. The fraction of sp³-hybridized carbons (Fsp3) is 0.407. The number of carbonyl (C=O) groups excluding carboxylic acids is 1. The zero-order valence-electron chi connectivity index (χ0n) is 20.2. The largest absolute Gasteiger partial charge is 0.481 e. The van der Waals surface area contributed by atoms with Gasteiger partial charge in [0.25, 0.3) is 0 Å². The van der Waals surface area contributed by atoms with Crippen LogP contribution in [-0.2, 0) is 25.7 Å². The molecule has 1 amide bonds. The van der Waals surface area contributed by atoms with Crippen molar-refractivity contribution in [3.63, 3.8) is 0 Å². The van der Waals surface area contributed by atoms with Crippen molar-refractivity contribution in [1.82, 2.24) is 4.90 Å². The van der Waals surface area contributed by atoms with E-state index in [1.165, 1.54) is 0 Å². The Kier molecular flexibility index (Phi) is 9.56. The number of likely N-dealkylation sites (N-methyl/N-ethyl adjacent to an activating group) is 1. The van der Waals surface area contributed by atoms with E-state index >= 15 is 0 Å². The predicted octanol–water partition coefficient (Wildman–Crippen LogP) is 3.89. The van der Waals surface area contributed by atoms with E-state index in [1.807, 2.05) is 43.5 Å². The van der Waals surface area contributed by atoms with Crippen molar-refractivity contribution >= 4 is 17.6 Å². The number of hydrogen-bond acceptors (Lipinski definition) is 6. The van der Waals surface area contributed by atoms with Gasteiger partial charge in [-0.1, -0.05) is 49.4 Å². The zero-order valence-corrected chi connectivity index (χ0v) is 20.2. The first-order valence-electron chi connectivity index (χ1n) is 11.7. The Morgan fingerprint density at radius 2 is 1.86 bits per heavy atom. The van der Waals surface area contributed by atoms with Crippen LogP contribution in [-0.4, -0.2) is 53.2 Å². The lowest BCUT2D eigenvalue weighted by atomic mass is 9.90. The first-order valence-corrected chi connectivity index (χ1v) is 11.7. The first-order chi connectivity index (χ1) is 16.8. The third-order valence-electron chi connectivity index (χ3n) is 6.06. The molecule has 0 saturated carbocycles. The first kappa shape index (κ1) is 26.6. The Morgan fingerprint density at radius 3 is 2.51 bits per heavy atom. The van der Waals surface area contributed by atoms with Gasteiger partial charge >= 0.3 is 5.97 Å². The van der Waals surface area contributed by atoms with E-state index < -0.39 is 12.3 Å². The highest BCUT2D eigenvalue weighted by Crippen LogP contribution is 2.42. The van der Waals surface area contributed by atoms with Crippen LogP contribution in [0.1, 0.15) is 48.8 Å². The summed E-state index contributed by atoms with van der Waals surface area (Å²) in [6, 6.07) is 14.9. The molecule has 1 fully saturated rings. The Bertz CT molecular complexity index is 1010. The summed E-state index contributed by atoms with van der Waals surface area (Å²) in [5.74, 6) is -1.33. The molecule has 2 aromatic carbocycles. The number of nitrogens with zero attached hydrogens (tertiary/aromatic N) is 1. The van der Waals surface area contributed by atoms with Crippen molar-refractivity contribution < 1.29 is 29.3 Å². The van der Waals surface area contributed by atoms with E-state index in [0.717, 1.165) is 23.2 Å². The molecule has 0 spiro atoms. The van der Waals surface area contributed by atoms with Crippen LogP contribution in [0.3, 0.4) is 0 Å². The molecule has 1 heterocycles. The second kappa shape index (κ2) is 12.6. The number of carboxylic acid groups (broad SMARTS) is 1. The van der Waals surface area contributed by atoms with Crippen LogP contribution in [0, 0.1) is 5.92 Å². The Balaban J connectivity index is 1.83. The molecule has 4 atom stereocenters. The number of anilines is 1. The summed E-state index contributed by atoms with van der Waals surface area (Å²) in [7, 11) is 2.01. The minimum atomic E-state index is -1.02. The normalized spacial score (nSPS) is 22.1. The number of aliphatic hydroxyl groups is 1. The Labute approximate surface area is 206 Å². The van der Waals surface area contributed by atoms with E-state index in [1.54, 1.807) is 18.2 Å². The molecule has 1 saturated heterocycles. The lowest BCUT2D eigenvalue weighted by Gasteiger charge is -2.42. The number of hydrogen-bond donors (Lipinski definition) is 3. The molecule has 0 aliphatic carbocycles. The quantitative estimate of drug-likeness (QED) is 0.417. The molecule has 3 N–H and O–H groups in total. The molecule has 8 heteroatoms. The molecule has 8 nitrogen and oxygen atoms in total. The van der Waals surface area contributed by atoms with Gasteiger partial charge in [-0.15, -0.1) is 6.58 Å². The molecule has 4 unspecified atom stereocenters. The van der Waals surface area contributed by atoms with Crippen molar-refractivity contribution in [2.75, 3.05) is 25.5 Å². The number of rotatable bonds is 11. The highest BCUT2D eigenvalue weighted by atomic mass is 16.7. The number of nitrogens with one attached hydrogen (secondary N) is 1. The van der Waals surface area contributed by atoms with Gasteiger partial charge in [-0.25, -0.2) is 0 Å². The topological polar surface area (TPSA) is 108 Å². The minimum absolute atomic E-state index is 0.0208. The second-order valence-corrected chi connectivity index (χ2v) is 8.90. The minimum Gasteiger partial charge on any atom is -0.481 e. The molecule has 0 aromatic heterocycles. The average molecular weight is 483 g/mol. The predicted molar refractivity (Wildman–Crippen MR) is 133 cm³/mol. The lowest BCUT2D eigenvalue weighted by molar-refractivity contribution is -0.275. The summed E-state index contributed by atoms with van der Waals surface area (Å²) in [5.41, 5.74) is 3.13. The van der Waals surface area contributed by atoms with Gasteiger partial charge < -0.3 is 29.9 Å². The van der Waals surface area contributed by atoms with Gasteiger partial charge in [-0.3, -0.25) is 9.59 Å².